The minimum absolute atomic E-state index is 0.0577. The van der Waals surface area contributed by atoms with Gasteiger partial charge in [-0.1, -0.05) is 72.9 Å². The van der Waals surface area contributed by atoms with Gasteiger partial charge in [0.25, 0.3) is 10.0 Å². The highest BCUT2D eigenvalue weighted by atomic mass is 35.5. The molecule has 2 atom stereocenters. The number of hydrogen-bond donors (Lipinski definition) is 1. The van der Waals surface area contributed by atoms with Gasteiger partial charge in [-0.25, -0.2) is 12.8 Å². The molecule has 0 bridgehead atoms. The van der Waals surface area contributed by atoms with E-state index in [0.717, 1.165) is 15.9 Å². The first-order valence-electron chi connectivity index (χ1n) is 13.3. The molecule has 0 saturated heterocycles. The normalized spacial score (nSPS) is 12.9. The van der Waals surface area contributed by atoms with Crippen molar-refractivity contribution >= 4 is 50.7 Å². The van der Waals surface area contributed by atoms with Gasteiger partial charge < -0.3 is 10.2 Å². The second-order valence-electron chi connectivity index (χ2n) is 9.79. The van der Waals surface area contributed by atoms with E-state index in [-0.39, 0.29) is 40.5 Å². The molecule has 2 amide bonds. The fourth-order valence-corrected chi connectivity index (χ4v) is 5.94. The molecule has 3 aromatic rings. The second kappa shape index (κ2) is 14.2. The van der Waals surface area contributed by atoms with Crippen LogP contribution >= 0.6 is 23.2 Å². The van der Waals surface area contributed by atoms with Gasteiger partial charge in [0.05, 0.1) is 20.6 Å². The molecule has 0 unspecified atom stereocenters. The van der Waals surface area contributed by atoms with Crippen LogP contribution in [0.1, 0.15) is 44.7 Å². The molecule has 0 aromatic heterocycles. The van der Waals surface area contributed by atoms with E-state index >= 15 is 4.39 Å². The maximum atomic E-state index is 15.0. The lowest BCUT2D eigenvalue weighted by Crippen LogP contribution is -2.53. The summed E-state index contributed by atoms with van der Waals surface area (Å²) in [6.45, 7) is 6.54. The highest BCUT2D eigenvalue weighted by molar-refractivity contribution is 7.92. The zero-order chi connectivity index (χ0) is 30.3. The molecule has 0 radical (unpaired) electrons. The molecule has 3 aromatic carbocycles. The van der Waals surface area contributed by atoms with Crippen LogP contribution < -0.4 is 9.62 Å². The Bertz CT molecular complexity index is 1490. The number of rotatable bonds is 12. The zero-order valence-electron chi connectivity index (χ0n) is 23.4. The number of nitrogens with zero attached hydrogens (tertiary/aromatic N) is 2. The van der Waals surface area contributed by atoms with Crippen LogP contribution in [0.15, 0.2) is 71.6 Å². The monoisotopic (exact) mass is 621 g/mol. The van der Waals surface area contributed by atoms with Gasteiger partial charge in [-0.2, -0.15) is 0 Å². The Balaban J connectivity index is 2.09. The second-order valence-corrected chi connectivity index (χ2v) is 12.5. The first-order valence-corrected chi connectivity index (χ1v) is 15.5. The van der Waals surface area contributed by atoms with Gasteiger partial charge in [0.15, 0.2) is 0 Å². The van der Waals surface area contributed by atoms with Gasteiger partial charge in [-0.15, -0.1) is 0 Å². The van der Waals surface area contributed by atoms with Gasteiger partial charge in [-0.05, 0) is 68.7 Å². The van der Waals surface area contributed by atoms with Crippen molar-refractivity contribution in [3.63, 3.8) is 0 Å². The molecule has 0 aliphatic rings. The number of carbonyl (C=O) groups excluding carboxylic acids is 2. The van der Waals surface area contributed by atoms with Crippen LogP contribution in [0.3, 0.4) is 0 Å². The van der Waals surface area contributed by atoms with Crippen molar-refractivity contribution in [2.45, 2.75) is 64.1 Å². The molecular formula is C30H34Cl2FN3O4S. The number of anilines is 1. The average molecular weight is 623 g/mol. The summed E-state index contributed by atoms with van der Waals surface area (Å²) in [5.74, 6) is -1.89. The number of nitrogens with one attached hydrogen (secondary N) is 1. The van der Waals surface area contributed by atoms with E-state index < -0.39 is 34.3 Å². The van der Waals surface area contributed by atoms with E-state index in [1.54, 1.807) is 37.3 Å². The maximum absolute atomic E-state index is 15.0. The highest BCUT2D eigenvalue weighted by Crippen LogP contribution is 2.28. The molecule has 0 fully saturated rings. The molecule has 220 valence electrons. The average Bonchev–Trinajstić information content (AvgIpc) is 2.94. The summed E-state index contributed by atoms with van der Waals surface area (Å²) in [5, 5.41) is 3.50. The molecule has 0 heterocycles. The Morgan fingerprint density at radius 2 is 1.61 bits per heavy atom. The number of carbonyl (C=O) groups is 2. The largest absolute Gasteiger partial charge is 0.352 e. The molecule has 7 nitrogen and oxygen atoms in total. The number of para-hydroxylation sites is 1. The van der Waals surface area contributed by atoms with Crippen LogP contribution in [0.4, 0.5) is 10.1 Å². The van der Waals surface area contributed by atoms with E-state index in [1.165, 1.54) is 35.2 Å². The summed E-state index contributed by atoms with van der Waals surface area (Å²) >= 11 is 12.3. The Morgan fingerprint density at radius 1 is 0.951 bits per heavy atom. The molecule has 3 rings (SSSR count). The van der Waals surface area contributed by atoms with Crippen molar-refractivity contribution in [1.82, 2.24) is 10.2 Å². The number of halogens is 3. The molecular weight excluding hydrogens is 588 g/mol. The maximum Gasteiger partial charge on any atom is 0.264 e. The van der Waals surface area contributed by atoms with E-state index in [2.05, 4.69) is 5.32 Å². The molecule has 0 spiro atoms. The number of amides is 2. The van der Waals surface area contributed by atoms with E-state index in [0.29, 0.717) is 17.0 Å². The van der Waals surface area contributed by atoms with Gasteiger partial charge >= 0.3 is 0 Å². The Kier molecular flexibility index (Phi) is 11.2. The molecule has 0 aliphatic carbocycles. The van der Waals surface area contributed by atoms with Gasteiger partial charge in [0.1, 0.15) is 18.4 Å². The molecule has 0 saturated carbocycles. The van der Waals surface area contributed by atoms with Crippen molar-refractivity contribution in [3.8, 4) is 0 Å². The lowest BCUT2D eigenvalue weighted by atomic mass is 10.1. The summed E-state index contributed by atoms with van der Waals surface area (Å²) in [7, 11) is -4.38. The van der Waals surface area contributed by atoms with Crippen LogP contribution in [-0.4, -0.2) is 43.8 Å². The van der Waals surface area contributed by atoms with Crippen molar-refractivity contribution < 1.29 is 22.4 Å². The fourth-order valence-electron chi connectivity index (χ4n) is 4.20. The van der Waals surface area contributed by atoms with Crippen molar-refractivity contribution in [1.29, 1.82) is 0 Å². The topological polar surface area (TPSA) is 86.8 Å². The number of aryl methyl sites for hydroxylation is 1. The summed E-state index contributed by atoms with van der Waals surface area (Å²) in [6, 6.07) is 15.2. The van der Waals surface area contributed by atoms with E-state index in [4.69, 9.17) is 23.2 Å². The van der Waals surface area contributed by atoms with Crippen LogP contribution in [0, 0.1) is 12.7 Å². The smallest absolute Gasteiger partial charge is 0.264 e. The Hall–Kier alpha value is -3.14. The third kappa shape index (κ3) is 7.99. The standard InChI is InChI=1S/C30H34Cl2FN3O4S/c1-5-21(4)34-30(38)27(6-2)35(18-22-13-16-24(31)25(32)17-22)29(37)19-36(28-10-8-7-9-26(28)33)41(39,40)23-14-11-20(3)12-15-23/h7-17,21,27H,5-6,18-19H2,1-4H3,(H,34,38)/t21-,27+/m0/s1. The Labute approximate surface area is 251 Å². The van der Waals surface area contributed by atoms with Gasteiger partial charge in [0.2, 0.25) is 11.8 Å². The van der Waals surface area contributed by atoms with Crippen LogP contribution in [-0.2, 0) is 26.2 Å². The number of benzene rings is 3. The zero-order valence-corrected chi connectivity index (χ0v) is 25.7. The fraction of sp³-hybridized carbons (Fsp3) is 0.333. The van der Waals surface area contributed by atoms with Crippen LogP contribution in [0.5, 0.6) is 0 Å². The minimum Gasteiger partial charge on any atom is -0.352 e. The lowest BCUT2D eigenvalue weighted by molar-refractivity contribution is -0.140. The van der Waals surface area contributed by atoms with Crippen molar-refractivity contribution in [3.05, 3.63) is 93.7 Å². The molecule has 41 heavy (non-hydrogen) atoms. The molecule has 11 heteroatoms. The summed E-state index contributed by atoms with van der Waals surface area (Å²) < 4.78 is 43.4. The predicted octanol–water partition coefficient (Wildman–Crippen LogP) is 6.36. The third-order valence-electron chi connectivity index (χ3n) is 6.73. The van der Waals surface area contributed by atoms with Crippen molar-refractivity contribution in [2.75, 3.05) is 10.8 Å². The van der Waals surface area contributed by atoms with Gasteiger partial charge in [-0.3, -0.25) is 13.9 Å². The van der Waals surface area contributed by atoms with E-state index in [9.17, 15) is 18.0 Å². The highest BCUT2D eigenvalue weighted by Gasteiger charge is 2.34. The summed E-state index contributed by atoms with van der Waals surface area (Å²) in [5.41, 5.74) is 1.14. The van der Waals surface area contributed by atoms with Crippen LogP contribution in [0.25, 0.3) is 0 Å². The predicted molar refractivity (Wildman–Crippen MR) is 161 cm³/mol. The molecule has 0 aliphatic heterocycles. The summed E-state index contributed by atoms with van der Waals surface area (Å²) in [4.78, 5) is 28.6. The SMILES string of the molecule is CC[C@H](C(=O)N[C@@H](C)CC)N(Cc1ccc(Cl)c(Cl)c1)C(=O)CN(c1ccccc1F)S(=O)(=O)c1ccc(C)cc1. The third-order valence-corrected chi connectivity index (χ3v) is 9.25. The van der Waals surface area contributed by atoms with Crippen molar-refractivity contribution in [2.24, 2.45) is 0 Å². The summed E-state index contributed by atoms with van der Waals surface area (Å²) in [6.07, 6.45) is 0.929. The first kappa shape index (κ1) is 32.4. The molecule has 1 N–H and O–H groups in total. The number of sulfonamides is 1. The Morgan fingerprint density at radius 3 is 2.20 bits per heavy atom. The minimum atomic E-state index is -4.38. The lowest BCUT2D eigenvalue weighted by Gasteiger charge is -2.33. The number of hydrogen-bond acceptors (Lipinski definition) is 4. The van der Waals surface area contributed by atoms with Gasteiger partial charge in [0, 0.05) is 12.6 Å². The van der Waals surface area contributed by atoms with E-state index in [1.807, 2.05) is 20.8 Å². The van der Waals surface area contributed by atoms with Crippen LogP contribution in [0.2, 0.25) is 10.0 Å². The first-order chi connectivity index (χ1) is 19.4. The quantitative estimate of drug-likeness (QED) is 0.255.